The number of hydrogen-bond acceptors (Lipinski definition) is 1. The molecule has 1 nitrogen and oxygen atoms in total. The molecule has 0 bridgehead atoms. The first-order valence-electron chi connectivity index (χ1n) is 6.43. The van der Waals surface area contributed by atoms with Crippen molar-refractivity contribution in [3.05, 3.63) is 62.6 Å². The standard InChI is InChI=1S/C17H19BrO/c1-11-7-12(2)16(13(3)8-11)10-19-15-5-6-17(18)14(4)9-15/h5-9H,10H2,1-4H3. The lowest BCUT2D eigenvalue weighted by atomic mass is 10.0. The van der Waals surface area contributed by atoms with Gasteiger partial charge in [-0.2, -0.15) is 0 Å². The number of benzene rings is 2. The summed E-state index contributed by atoms with van der Waals surface area (Å²) in [6, 6.07) is 10.5. The monoisotopic (exact) mass is 318 g/mol. The zero-order valence-corrected chi connectivity index (χ0v) is 13.5. The van der Waals surface area contributed by atoms with Gasteiger partial charge in [-0.25, -0.2) is 0 Å². The smallest absolute Gasteiger partial charge is 0.120 e. The van der Waals surface area contributed by atoms with Crippen molar-refractivity contribution in [1.82, 2.24) is 0 Å². The Hall–Kier alpha value is -1.28. The molecule has 0 aliphatic carbocycles. The fourth-order valence-electron chi connectivity index (χ4n) is 2.30. The van der Waals surface area contributed by atoms with Gasteiger partial charge in [0.05, 0.1) is 0 Å². The van der Waals surface area contributed by atoms with Crippen molar-refractivity contribution >= 4 is 15.9 Å². The lowest BCUT2D eigenvalue weighted by Gasteiger charge is -2.13. The van der Waals surface area contributed by atoms with Crippen molar-refractivity contribution in [1.29, 1.82) is 0 Å². The maximum atomic E-state index is 5.91. The number of hydrogen-bond donors (Lipinski definition) is 0. The summed E-state index contributed by atoms with van der Waals surface area (Å²) in [5.74, 6) is 0.917. The maximum Gasteiger partial charge on any atom is 0.120 e. The van der Waals surface area contributed by atoms with Crippen molar-refractivity contribution in [3.8, 4) is 5.75 Å². The normalized spacial score (nSPS) is 10.6. The van der Waals surface area contributed by atoms with Crippen LogP contribution in [0, 0.1) is 27.7 Å². The van der Waals surface area contributed by atoms with Crippen molar-refractivity contribution in [2.45, 2.75) is 34.3 Å². The Morgan fingerprint density at radius 3 is 2.11 bits per heavy atom. The molecule has 0 spiro atoms. The van der Waals surface area contributed by atoms with E-state index < -0.39 is 0 Å². The number of rotatable bonds is 3. The molecule has 0 amide bonds. The van der Waals surface area contributed by atoms with E-state index in [1.54, 1.807) is 0 Å². The summed E-state index contributed by atoms with van der Waals surface area (Å²) < 4.78 is 7.02. The Bertz CT molecular complexity index is 579. The van der Waals surface area contributed by atoms with Crippen molar-refractivity contribution in [2.75, 3.05) is 0 Å². The van der Waals surface area contributed by atoms with Gasteiger partial charge in [-0.1, -0.05) is 33.6 Å². The highest BCUT2D eigenvalue weighted by atomic mass is 79.9. The van der Waals surface area contributed by atoms with Gasteiger partial charge in [-0.05, 0) is 68.1 Å². The molecule has 0 N–H and O–H groups in total. The average molecular weight is 319 g/mol. The van der Waals surface area contributed by atoms with E-state index in [1.807, 2.05) is 12.1 Å². The molecule has 2 aromatic rings. The molecular weight excluding hydrogens is 300 g/mol. The third-order valence-corrected chi connectivity index (χ3v) is 4.24. The first-order chi connectivity index (χ1) is 8.97. The van der Waals surface area contributed by atoms with Crippen LogP contribution < -0.4 is 4.74 Å². The Kier molecular flexibility index (Phi) is 4.31. The Labute approximate surface area is 123 Å². The maximum absolute atomic E-state index is 5.91. The summed E-state index contributed by atoms with van der Waals surface area (Å²) in [5, 5.41) is 0. The zero-order chi connectivity index (χ0) is 14.0. The van der Waals surface area contributed by atoms with Crippen LogP contribution in [0.15, 0.2) is 34.8 Å². The van der Waals surface area contributed by atoms with E-state index in [2.05, 4.69) is 61.8 Å². The van der Waals surface area contributed by atoms with E-state index in [9.17, 15) is 0 Å². The molecule has 0 saturated heterocycles. The van der Waals surface area contributed by atoms with Gasteiger partial charge in [0.25, 0.3) is 0 Å². The molecule has 0 saturated carbocycles. The highest BCUT2D eigenvalue weighted by molar-refractivity contribution is 9.10. The molecule has 0 radical (unpaired) electrons. The SMILES string of the molecule is Cc1cc(C)c(COc2ccc(Br)c(C)c2)c(C)c1. The lowest BCUT2D eigenvalue weighted by molar-refractivity contribution is 0.304. The number of aryl methyl sites for hydroxylation is 4. The van der Waals surface area contributed by atoms with E-state index in [1.165, 1.54) is 27.8 Å². The molecule has 0 heterocycles. The van der Waals surface area contributed by atoms with Crippen molar-refractivity contribution in [3.63, 3.8) is 0 Å². The topological polar surface area (TPSA) is 9.23 Å². The molecule has 2 heteroatoms. The van der Waals surface area contributed by atoms with Gasteiger partial charge in [0.1, 0.15) is 12.4 Å². The first-order valence-corrected chi connectivity index (χ1v) is 7.22. The summed E-state index contributed by atoms with van der Waals surface area (Å²) in [6.07, 6.45) is 0. The molecule has 0 aliphatic heterocycles. The van der Waals surface area contributed by atoms with E-state index in [4.69, 9.17) is 4.74 Å². The molecular formula is C17H19BrO. The van der Waals surface area contributed by atoms with Crippen LogP contribution in [0.4, 0.5) is 0 Å². The molecule has 100 valence electrons. The molecule has 0 unspecified atom stereocenters. The molecule has 0 atom stereocenters. The van der Waals surface area contributed by atoms with Crippen LogP contribution in [-0.4, -0.2) is 0 Å². The molecule has 2 aromatic carbocycles. The fraction of sp³-hybridized carbons (Fsp3) is 0.294. The second-order valence-corrected chi connectivity index (χ2v) is 5.93. The van der Waals surface area contributed by atoms with Crippen LogP contribution >= 0.6 is 15.9 Å². The first kappa shape index (κ1) is 14.1. The summed E-state index contributed by atoms with van der Waals surface area (Å²) >= 11 is 3.50. The van der Waals surface area contributed by atoms with Gasteiger partial charge in [0.15, 0.2) is 0 Å². The Morgan fingerprint density at radius 1 is 0.895 bits per heavy atom. The van der Waals surface area contributed by atoms with Crippen LogP contribution in [0.3, 0.4) is 0 Å². The van der Waals surface area contributed by atoms with Crippen molar-refractivity contribution < 1.29 is 4.74 Å². The molecule has 2 rings (SSSR count). The number of halogens is 1. The fourth-order valence-corrected chi connectivity index (χ4v) is 2.55. The molecule has 19 heavy (non-hydrogen) atoms. The predicted molar refractivity (Wildman–Crippen MR) is 83.9 cm³/mol. The second-order valence-electron chi connectivity index (χ2n) is 5.08. The minimum absolute atomic E-state index is 0.624. The van der Waals surface area contributed by atoms with Crippen LogP contribution in [-0.2, 0) is 6.61 Å². The van der Waals surface area contributed by atoms with Crippen LogP contribution in [0.5, 0.6) is 5.75 Å². The summed E-state index contributed by atoms with van der Waals surface area (Å²) in [6.45, 7) is 9.11. The van der Waals surface area contributed by atoms with E-state index in [0.29, 0.717) is 6.61 Å². The minimum Gasteiger partial charge on any atom is -0.489 e. The van der Waals surface area contributed by atoms with Gasteiger partial charge in [0.2, 0.25) is 0 Å². The highest BCUT2D eigenvalue weighted by Crippen LogP contribution is 2.23. The van der Waals surface area contributed by atoms with Gasteiger partial charge in [-0.3, -0.25) is 0 Å². The summed E-state index contributed by atoms with van der Waals surface area (Å²) in [4.78, 5) is 0. The van der Waals surface area contributed by atoms with Crippen molar-refractivity contribution in [2.24, 2.45) is 0 Å². The Morgan fingerprint density at radius 2 is 1.53 bits per heavy atom. The van der Waals surface area contributed by atoms with Crippen LogP contribution in [0.2, 0.25) is 0 Å². The van der Waals surface area contributed by atoms with Gasteiger partial charge < -0.3 is 4.74 Å². The average Bonchev–Trinajstić information content (AvgIpc) is 2.32. The molecule has 0 fully saturated rings. The largest absolute Gasteiger partial charge is 0.489 e. The Balaban J connectivity index is 2.16. The third-order valence-electron chi connectivity index (χ3n) is 3.35. The van der Waals surface area contributed by atoms with E-state index in [0.717, 1.165) is 10.2 Å². The number of ether oxygens (including phenoxy) is 1. The third kappa shape index (κ3) is 3.38. The van der Waals surface area contributed by atoms with Gasteiger partial charge in [0, 0.05) is 4.47 Å². The lowest BCUT2D eigenvalue weighted by Crippen LogP contribution is -2.01. The van der Waals surface area contributed by atoms with Crippen LogP contribution in [0.25, 0.3) is 0 Å². The predicted octanol–water partition coefficient (Wildman–Crippen LogP) is 5.26. The van der Waals surface area contributed by atoms with Crippen LogP contribution in [0.1, 0.15) is 27.8 Å². The van der Waals surface area contributed by atoms with E-state index in [-0.39, 0.29) is 0 Å². The zero-order valence-electron chi connectivity index (χ0n) is 11.9. The molecule has 0 aromatic heterocycles. The van der Waals surface area contributed by atoms with E-state index >= 15 is 0 Å². The van der Waals surface area contributed by atoms with Gasteiger partial charge >= 0.3 is 0 Å². The molecule has 0 aliphatic rings. The summed E-state index contributed by atoms with van der Waals surface area (Å²) in [5.41, 5.74) is 6.37. The van der Waals surface area contributed by atoms with Gasteiger partial charge in [-0.15, -0.1) is 0 Å². The summed E-state index contributed by atoms with van der Waals surface area (Å²) in [7, 11) is 0. The quantitative estimate of drug-likeness (QED) is 0.749. The minimum atomic E-state index is 0.624. The highest BCUT2D eigenvalue weighted by Gasteiger charge is 2.05. The second kappa shape index (κ2) is 5.79.